The summed E-state index contributed by atoms with van der Waals surface area (Å²) in [6, 6.07) is 0. The van der Waals surface area contributed by atoms with E-state index in [9.17, 15) is 14.4 Å². The van der Waals surface area contributed by atoms with Gasteiger partial charge < -0.3 is 20.3 Å². The van der Waals surface area contributed by atoms with Gasteiger partial charge in [0.05, 0.1) is 6.61 Å². The van der Waals surface area contributed by atoms with Crippen LogP contribution in [0, 0.1) is 0 Å². The summed E-state index contributed by atoms with van der Waals surface area (Å²) in [6.07, 6.45) is -0.338. The van der Waals surface area contributed by atoms with Crippen LogP contribution in [0.15, 0.2) is 24.3 Å². The molecule has 0 fully saturated rings. The minimum Gasteiger partial charge on any atom is -0.478 e. The number of alkyl carbamates (subject to hydrolysis) is 1. The molecule has 0 atom stereocenters. The fourth-order valence-electron chi connectivity index (χ4n) is 0.326. The Morgan fingerprint density at radius 3 is 1.45 bits per heavy atom. The summed E-state index contributed by atoms with van der Waals surface area (Å²) >= 11 is 0. The second kappa shape index (κ2) is 14.7. The van der Waals surface area contributed by atoms with Gasteiger partial charge >= 0.3 is 18.0 Å². The molecule has 0 aromatic carbocycles. The molecule has 7 heteroatoms. The van der Waals surface area contributed by atoms with E-state index >= 15 is 0 Å². The average molecular weight is 289 g/mol. The Bertz CT molecular complexity index is 293. The standard InChI is InChI=1S/C5H11NO2.2C4H6O2/c1-3-6-5(7)8-4-2;2*1-3(2)4(5)6/h3-4H2,1-2H3,(H,6,7);2*1H2,2H3,(H,5,6). The molecule has 0 heterocycles. The zero-order chi connectivity index (χ0) is 16.7. The largest absolute Gasteiger partial charge is 0.478 e. The van der Waals surface area contributed by atoms with Gasteiger partial charge in [0.25, 0.3) is 0 Å². The highest BCUT2D eigenvalue weighted by atomic mass is 16.5. The van der Waals surface area contributed by atoms with E-state index in [0.717, 1.165) is 0 Å². The first-order valence-corrected chi connectivity index (χ1v) is 5.78. The lowest BCUT2D eigenvalue weighted by molar-refractivity contribution is -0.133. The smallest absolute Gasteiger partial charge is 0.407 e. The molecule has 0 aliphatic carbocycles. The SMILES string of the molecule is C=C(C)C(=O)O.C=C(C)C(=O)O.CCNC(=O)OCC. The lowest BCUT2D eigenvalue weighted by atomic mass is 10.4. The number of rotatable bonds is 4. The van der Waals surface area contributed by atoms with E-state index in [-0.39, 0.29) is 17.2 Å². The first-order valence-electron chi connectivity index (χ1n) is 5.78. The van der Waals surface area contributed by atoms with Crippen molar-refractivity contribution in [2.75, 3.05) is 13.2 Å². The van der Waals surface area contributed by atoms with E-state index in [1.165, 1.54) is 13.8 Å². The predicted octanol–water partition coefficient (Wildman–Crippen LogP) is 2.05. The maximum Gasteiger partial charge on any atom is 0.407 e. The summed E-state index contributed by atoms with van der Waals surface area (Å²) in [5.74, 6) is -1.87. The van der Waals surface area contributed by atoms with Crippen LogP contribution in [-0.4, -0.2) is 41.4 Å². The predicted molar refractivity (Wildman–Crippen MR) is 75.6 cm³/mol. The number of hydrogen-bond donors (Lipinski definition) is 3. The van der Waals surface area contributed by atoms with Crippen molar-refractivity contribution >= 4 is 18.0 Å². The van der Waals surface area contributed by atoms with Crippen molar-refractivity contribution in [2.45, 2.75) is 27.7 Å². The third-order valence-corrected chi connectivity index (χ3v) is 1.33. The van der Waals surface area contributed by atoms with Gasteiger partial charge in [-0.3, -0.25) is 0 Å². The summed E-state index contributed by atoms with van der Waals surface area (Å²) < 4.78 is 4.53. The number of aliphatic carboxylic acids is 2. The molecule has 0 saturated heterocycles. The van der Waals surface area contributed by atoms with Gasteiger partial charge in [0.15, 0.2) is 0 Å². The third-order valence-electron chi connectivity index (χ3n) is 1.33. The minimum atomic E-state index is -0.935. The highest BCUT2D eigenvalue weighted by Crippen LogP contribution is 1.81. The summed E-state index contributed by atoms with van der Waals surface area (Å²) in [5.41, 5.74) is 0.352. The van der Waals surface area contributed by atoms with E-state index < -0.39 is 11.9 Å². The number of nitrogens with one attached hydrogen (secondary N) is 1. The third kappa shape index (κ3) is 24.8. The number of hydrogen-bond acceptors (Lipinski definition) is 4. The van der Waals surface area contributed by atoms with Crippen molar-refractivity contribution in [3.05, 3.63) is 24.3 Å². The maximum atomic E-state index is 10.3. The normalized spacial score (nSPS) is 7.80. The molecule has 0 bridgehead atoms. The van der Waals surface area contributed by atoms with Crippen molar-refractivity contribution in [1.82, 2.24) is 5.32 Å². The van der Waals surface area contributed by atoms with Gasteiger partial charge in [0.1, 0.15) is 0 Å². The lowest BCUT2D eigenvalue weighted by Crippen LogP contribution is -2.23. The average Bonchev–Trinajstić information content (AvgIpc) is 2.30. The molecule has 0 aliphatic heterocycles. The topological polar surface area (TPSA) is 113 Å². The van der Waals surface area contributed by atoms with E-state index in [0.29, 0.717) is 13.2 Å². The molecule has 0 aromatic heterocycles. The summed E-state index contributed by atoms with van der Waals surface area (Å²) in [5, 5.41) is 18.3. The van der Waals surface area contributed by atoms with Gasteiger partial charge in [-0.2, -0.15) is 0 Å². The van der Waals surface area contributed by atoms with Crippen LogP contribution in [0.3, 0.4) is 0 Å². The molecule has 1 amide bonds. The van der Waals surface area contributed by atoms with Crippen molar-refractivity contribution in [3.63, 3.8) is 0 Å². The number of amides is 1. The Labute approximate surface area is 118 Å². The molecule has 7 nitrogen and oxygen atoms in total. The zero-order valence-electron chi connectivity index (χ0n) is 12.4. The molecule has 0 aromatic rings. The van der Waals surface area contributed by atoms with Crippen LogP contribution in [-0.2, 0) is 14.3 Å². The molecule has 20 heavy (non-hydrogen) atoms. The summed E-state index contributed by atoms with van der Waals surface area (Å²) in [7, 11) is 0. The Hall–Kier alpha value is -2.31. The highest BCUT2D eigenvalue weighted by molar-refractivity contribution is 5.85. The molecule has 0 aliphatic rings. The van der Waals surface area contributed by atoms with E-state index in [1.54, 1.807) is 6.92 Å². The van der Waals surface area contributed by atoms with Gasteiger partial charge in [0, 0.05) is 17.7 Å². The van der Waals surface area contributed by atoms with Crippen LogP contribution in [0.25, 0.3) is 0 Å². The highest BCUT2D eigenvalue weighted by Gasteiger charge is 1.93. The number of carbonyl (C=O) groups excluding carboxylic acids is 1. The van der Waals surface area contributed by atoms with Gasteiger partial charge in [-0.15, -0.1) is 0 Å². The molecule has 0 spiro atoms. The first kappa shape index (κ1) is 22.8. The van der Waals surface area contributed by atoms with Crippen LogP contribution in [0.2, 0.25) is 0 Å². The number of carboxylic acid groups (broad SMARTS) is 2. The van der Waals surface area contributed by atoms with Gasteiger partial charge in [0.2, 0.25) is 0 Å². The van der Waals surface area contributed by atoms with Gasteiger partial charge in [-0.25, -0.2) is 14.4 Å². The van der Waals surface area contributed by atoms with Crippen LogP contribution in [0.5, 0.6) is 0 Å². The summed E-state index contributed by atoms with van der Waals surface area (Å²) in [6.45, 7) is 13.9. The van der Waals surface area contributed by atoms with Crippen LogP contribution in [0.4, 0.5) is 4.79 Å². The second-order valence-electron chi connectivity index (χ2n) is 3.42. The quantitative estimate of drug-likeness (QED) is 0.683. The fourth-order valence-corrected chi connectivity index (χ4v) is 0.326. The molecular formula is C13H23NO6. The van der Waals surface area contributed by atoms with Crippen molar-refractivity contribution in [2.24, 2.45) is 0 Å². The number of carboxylic acids is 2. The van der Waals surface area contributed by atoms with Gasteiger partial charge in [-0.1, -0.05) is 13.2 Å². The Morgan fingerprint density at radius 1 is 1.00 bits per heavy atom. The summed E-state index contributed by atoms with van der Waals surface area (Å²) in [4.78, 5) is 29.5. The molecule has 0 radical (unpaired) electrons. The molecule has 3 N–H and O–H groups in total. The molecule has 0 unspecified atom stereocenters. The van der Waals surface area contributed by atoms with Crippen LogP contribution < -0.4 is 5.32 Å². The second-order valence-corrected chi connectivity index (χ2v) is 3.42. The maximum absolute atomic E-state index is 10.3. The Morgan fingerprint density at radius 2 is 1.30 bits per heavy atom. The fraction of sp³-hybridized carbons (Fsp3) is 0.462. The van der Waals surface area contributed by atoms with Crippen molar-refractivity contribution < 1.29 is 29.3 Å². The number of ether oxygens (including phenoxy) is 1. The molecule has 0 saturated carbocycles. The van der Waals surface area contributed by atoms with Crippen LogP contribution >= 0.6 is 0 Å². The molecule has 0 rings (SSSR count). The van der Waals surface area contributed by atoms with Gasteiger partial charge in [-0.05, 0) is 27.7 Å². The van der Waals surface area contributed by atoms with Crippen LogP contribution in [0.1, 0.15) is 27.7 Å². The van der Waals surface area contributed by atoms with E-state index in [4.69, 9.17) is 10.2 Å². The molecule has 116 valence electrons. The minimum absolute atomic E-state index is 0.176. The van der Waals surface area contributed by atoms with E-state index in [2.05, 4.69) is 23.2 Å². The Balaban J connectivity index is -0.000000221. The van der Waals surface area contributed by atoms with E-state index in [1.807, 2.05) is 6.92 Å². The zero-order valence-corrected chi connectivity index (χ0v) is 12.4. The van der Waals surface area contributed by atoms with Crippen molar-refractivity contribution in [1.29, 1.82) is 0 Å². The number of carbonyl (C=O) groups is 3. The monoisotopic (exact) mass is 289 g/mol. The van der Waals surface area contributed by atoms with Crippen molar-refractivity contribution in [3.8, 4) is 0 Å². The first-order chi connectivity index (χ1) is 9.09. The molecular weight excluding hydrogens is 266 g/mol. The Kier molecular flexibility index (Phi) is 16.8. The lowest BCUT2D eigenvalue weighted by Gasteiger charge is -1.99.